The van der Waals surface area contributed by atoms with Crippen molar-refractivity contribution in [3.8, 4) is 11.8 Å². The second-order valence-electron chi connectivity index (χ2n) is 7.38. The summed E-state index contributed by atoms with van der Waals surface area (Å²) in [7, 11) is -4.63. The molecule has 1 amide bonds. The van der Waals surface area contributed by atoms with E-state index >= 15 is 0 Å². The molecule has 0 saturated heterocycles. The average Bonchev–Trinajstić information content (AvgIpc) is 3.13. The van der Waals surface area contributed by atoms with Crippen molar-refractivity contribution in [1.29, 1.82) is 5.26 Å². The lowest BCUT2D eigenvalue weighted by Crippen LogP contribution is -2.18. The maximum absolute atomic E-state index is 12.7. The second-order valence-corrected chi connectivity index (χ2v) is 8.54. The van der Waals surface area contributed by atoms with Crippen molar-refractivity contribution in [3.63, 3.8) is 0 Å². The summed E-state index contributed by atoms with van der Waals surface area (Å²) in [6, 6.07) is 13.5. The molecule has 2 aromatic carbocycles. The first-order valence-electron chi connectivity index (χ1n) is 10.1. The second kappa shape index (κ2) is 9.41. The van der Waals surface area contributed by atoms with E-state index < -0.39 is 13.7 Å². The number of phosphoric acid groups is 1. The number of imidazole rings is 1. The number of aryl methyl sites for hydroxylation is 3. The summed E-state index contributed by atoms with van der Waals surface area (Å²) in [5.41, 5.74) is 3.42. The Morgan fingerprint density at radius 1 is 1.18 bits per heavy atom. The van der Waals surface area contributed by atoms with Gasteiger partial charge in [0.05, 0.1) is 34.6 Å². The normalized spacial score (nSPS) is 11.2. The summed E-state index contributed by atoms with van der Waals surface area (Å²) >= 11 is 0. The van der Waals surface area contributed by atoms with E-state index in [1.165, 1.54) is 24.5 Å². The van der Waals surface area contributed by atoms with E-state index in [-0.39, 0.29) is 11.4 Å². The first kappa shape index (κ1) is 23.1. The number of carbonyl (C=O) groups is 1. The Kier molecular flexibility index (Phi) is 6.38. The van der Waals surface area contributed by atoms with Gasteiger partial charge in [-0.1, -0.05) is 12.1 Å². The molecule has 172 valence electrons. The van der Waals surface area contributed by atoms with Gasteiger partial charge in [-0.3, -0.25) is 24.9 Å². The monoisotopic (exact) mass is 478 g/mol. The van der Waals surface area contributed by atoms with Crippen LogP contribution in [0, 0.1) is 18.3 Å². The minimum atomic E-state index is -4.63. The van der Waals surface area contributed by atoms with Gasteiger partial charge >= 0.3 is 7.82 Å². The molecule has 4 aromatic rings. The van der Waals surface area contributed by atoms with E-state index in [1.807, 2.05) is 4.57 Å². The maximum atomic E-state index is 12.7. The van der Waals surface area contributed by atoms with Crippen molar-refractivity contribution in [3.05, 3.63) is 77.4 Å². The number of aromatic nitrogens is 4. The van der Waals surface area contributed by atoms with Gasteiger partial charge in [0.25, 0.3) is 5.91 Å². The zero-order chi connectivity index (χ0) is 24.3. The van der Waals surface area contributed by atoms with Crippen molar-refractivity contribution in [2.24, 2.45) is 0 Å². The molecule has 2 heterocycles. The van der Waals surface area contributed by atoms with Crippen LogP contribution in [0.3, 0.4) is 0 Å². The highest BCUT2D eigenvalue weighted by Gasteiger charge is 2.17. The molecule has 2 aromatic heterocycles. The van der Waals surface area contributed by atoms with Gasteiger partial charge in [0, 0.05) is 12.7 Å². The van der Waals surface area contributed by atoms with Gasteiger partial charge in [0.2, 0.25) is 5.95 Å². The smallest absolute Gasteiger partial charge is 0.404 e. The van der Waals surface area contributed by atoms with Crippen LogP contribution >= 0.6 is 7.82 Å². The number of rotatable bonds is 7. The zero-order valence-electron chi connectivity index (χ0n) is 17.9. The Morgan fingerprint density at radius 2 is 1.94 bits per heavy atom. The lowest BCUT2D eigenvalue weighted by molar-refractivity contribution is 0.102. The highest BCUT2D eigenvalue weighted by Crippen LogP contribution is 2.37. The van der Waals surface area contributed by atoms with Crippen LogP contribution < -0.4 is 9.84 Å². The van der Waals surface area contributed by atoms with Crippen LogP contribution in [-0.4, -0.2) is 35.2 Å². The third kappa shape index (κ3) is 5.44. The summed E-state index contributed by atoms with van der Waals surface area (Å²) in [5, 5.41) is 12.0. The van der Waals surface area contributed by atoms with Gasteiger partial charge in [0.15, 0.2) is 0 Å². The molecule has 34 heavy (non-hydrogen) atoms. The van der Waals surface area contributed by atoms with Crippen molar-refractivity contribution in [2.75, 3.05) is 5.32 Å². The van der Waals surface area contributed by atoms with E-state index in [2.05, 4.69) is 30.9 Å². The summed E-state index contributed by atoms with van der Waals surface area (Å²) in [4.78, 5) is 43.2. The summed E-state index contributed by atoms with van der Waals surface area (Å²) in [6.45, 7) is 2.20. The average molecular weight is 478 g/mol. The molecule has 4 rings (SSSR count). The fourth-order valence-electron chi connectivity index (χ4n) is 3.29. The zero-order valence-corrected chi connectivity index (χ0v) is 18.8. The highest BCUT2D eigenvalue weighted by atomic mass is 31.2. The predicted molar refractivity (Wildman–Crippen MR) is 122 cm³/mol. The SMILES string of the molecule is Cc1cnc(C(=O)Nc2nc3cc(C#N)ccc3n2CCc2ccc(OP(=O)(O)O)cc2)cn1. The number of anilines is 1. The minimum absolute atomic E-state index is 0.0568. The van der Waals surface area contributed by atoms with Crippen molar-refractivity contribution < 1.29 is 23.7 Å². The van der Waals surface area contributed by atoms with Crippen LogP contribution in [0.15, 0.2) is 54.9 Å². The summed E-state index contributed by atoms with van der Waals surface area (Å²) in [5.74, 6) is -0.122. The number of fused-ring (bicyclic) bond motifs is 1. The number of hydrogen-bond donors (Lipinski definition) is 3. The lowest BCUT2D eigenvalue weighted by atomic mass is 10.1. The van der Waals surface area contributed by atoms with Gasteiger partial charge in [0.1, 0.15) is 11.4 Å². The third-order valence-corrected chi connectivity index (χ3v) is 5.34. The molecule has 11 nitrogen and oxygen atoms in total. The molecule has 0 spiro atoms. The Morgan fingerprint density at radius 3 is 2.59 bits per heavy atom. The minimum Gasteiger partial charge on any atom is -0.404 e. The Balaban J connectivity index is 1.60. The first-order valence-corrected chi connectivity index (χ1v) is 11.6. The number of hydrogen-bond acceptors (Lipinski definition) is 7. The van der Waals surface area contributed by atoms with Crippen LogP contribution in [0.1, 0.15) is 27.3 Å². The number of amides is 1. The Labute approximate surface area is 193 Å². The number of phosphoric ester groups is 1. The molecule has 0 aliphatic heterocycles. The molecule has 12 heteroatoms. The first-order chi connectivity index (χ1) is 16.2. The van der Waals surface area contributed by atoms with E-state index in [1.54, 1.807) is 37.3 Å². The highest BCUT2D eigenvalue weighted by molar-refractivity contribution is 7.46. The van der Waals surface area contributed by atoms with Crippen molar-refractivity contribution in [2.45, 2.75) is 19.9 Å². The fraction of sp³-hybridized carbons (Fsp3) is 0.136. The number of nitrogens with one attached hydrogen (secondary N) is 1. The molecule has 0 fully saturated rings. The molecule has 0 bridgehead atoms. The van der Waals surface area contributed by atoms with Gasteiger partial charge in [-0.15, -0.1) is 0 Å². The Hall–Kier alpha value is -4.10. The van der Waals surface area contributed by atoms with E-state index in [4.69, 9.17) is 9.79 Å². The fourth-order valence-corrected chi connectivity index (χ4v) is 3.69. The molecule has 3 N–H and O–H groups in total. The maximum Gasteiger partial charge on any atom is 0.524 e. The number of benzene rings is 2. The predicted octanol–water partition coefficient (Wildman–Crippen LogP) is 2.97. The molecular formula is C22H19N6O5P. The summed E-state index contributed by atoms with van der Waals surface area (Å²) in [6.07, 6.45) is 3.40. The number of nitriles is 1. The molecule has 0 aliphatic carbocycles. The van der Waals surface area contributed by atoms with E-state index in [0.717, 1.165) is 11.1 Å². The van der Waals surface area contributed by atoms with Crippen molar-refractivity contribution >= 4 is 30.7 Å². The third-order valence-electron chi connectivity index (χ3n) is 4.89. The van der Waals surface area contributed by atoms with Crippen LogP contribution in [-0.2, 0) is 17.5 Å². The quantitative estimate of drug-likeness (QED) is 0.339. The van der Waals surface area contributed by atoms with Crippen LogP contribution in [0.5, 0.6) is 5.75 Å². The van der Waals surface area contributed by atoms with E-state index in [9.17, 15) is 14.6 Å². The van der Waals surface area contributed by atoms with Gasteiger partial charge in [-0.25, -0.2) is 14.5 Å². The lowest BCUT2D eigenvalue weighted by Gasteiger charge is -2.11. The van der Waals surface area contributed by atoms with Crippen LogP contribution in [0.25, 0.3) is 11.0 Å². The topological polar surface area (TPSA) is 163 Å². The molecule has 0 radical (unpaired) electrons. The van der Waals surface area contributed by atoms with E-state index in [0.29, 0.717) is 35.7 Å². The van der Waals surface area contributed by atoms with Crippen molar-refractivity contribution in [1.82, 2.24) is 19.5 Å². The van der Waals surface area contributed by atoms with Gasteiger partial charge in [-0.05, 0) is 49.2 Å². The standard InChI is InChI=1S/C22H19N6O5P/c1-14-12-25-19(13-24-14)21(29)27-22-26-18-10-16(11-23)4-7-20(18)28(22)9-8-15-2-5-17(6-3-15)33-34(30,31)32/h2-7,10,12-13H,8-9H2,1H3,(H,26,27,29)(H2,30,31,32). The largest absolute Gasteiger partial charge is 0.524 e. The van der Waals surface area contributed by atoms with Gasteiger partial charge < -0.3 is 9.09 Å². The molecule has 0 aliphatic rings. The molecule has 0 saturated carbocycles. The van der Waals surface area contributed by atoms with Gasteiger partial charge in [-0.2, -0.15) is 5.26 Å². The molecular weight excluding hydrogens is 459 g/mol. The molecule has 0 unspecified atom stereocenters. The molecule has 0 atom stereocenters. The Bertz CT molecular complexity index is 1440. The summed E-state index contributed by atoms with van der Waals surface area (Å²) < 4.78 is 17.4. The van der Waals surface area contributed by atoms with Crippen LogP contribution in [0.4, 0.5) is 5.95 Å². The number of nitrogens with zero attached hydrogens (tertiary/aromatic N) is 5. The number of carbonyl (C=O) groups excluding carboxylic acids is 1. The van der Waals surface area contributed by atoms with Crippen LogP contribution in [0.2, 0.25) is 0 Å².